The van der Waals surface area contributed by atoms with Crippen LogP contribution in [0.4, 0.5) is 11.4 Å². The first-order chi connectivity index (χ1) is 13.0. The summed E-state index contributed by atoms with van der Waals surface area (Å²) in [5.74, 6) is 0.0638. The number of hydrogen-bond acceptors (Lipinski definition) is 3. The van der Waals surface area contributed by atoms with Crippen molar-refractivity contribution < 1.29 is 4.79 Å². The van der Waals surface area contributed by atoms with Crippen molar-refractivity contribution in [3.63, 3.8) is 0 Å². The average Bonchev–Trinajstić information content (AvgIpc) is 2.66. The molecule has 27 heavy (non-hydrogen) atoms. The largest absolute Gasteiger partial charge is 0.384 e. The molecular formula is C22H30ClN3O. The Hall–Kier alpha value is -2.20. The Bertz CT molecular complexity index is 727. The highest BCUT2D eigenvalue weighted by atomic mass is 35.5. The van der Waals surface area contributed by atoms with Gasteiger partial charge in [-0.15, -0.1) is 0 Å². The predicted molar refractivity (Wildman–Crippen MR) is 116 cm³/mol. The third-order valence-corrected chi connectivity index (χ3v) is 4.91. The number of hydrogen-bond donors (Lipinski definition) is 2. The summed E-state index contributed by atoms with van der Waals surface area (Å²) in [6.07, 6.45) is 1.26. The Morgan fingerprint density at radius 1 is 1.04 bits per heavy atom. The van der Waals surface area contributed by atoms with Crippen LogP contribution in [-0.4, -0.2) is 32.1 Å². The molecule has 0 unspecified atom stereocenters. The number of nitrogens with zero attached hydrogens (tertiary/aromatic N) is 1. The van der Waals surface area contributed by atoms with Crippen LogP contribution in [0.1, 0.15) is 31.4 Å². The van der Waals surface area contributed by atoms with Gasteiger partial charge >= 0.3 is 0 Å². The maximum absolute atomic E-state index is 12.0. The molecule has 0 bridgehead atoms. The van der Waals surface area contributed by atoms with Crippen molar-refractivity contribution in [2.45, 2.75) is 33.6 Å². The van der Waals surface area contributed by atoms with Crippen LogP contribution in [0.5, 0.6) is 0 Å². The molecular weight excluding hydrogens is 358 g/mol. The Kier molecular flexibility index (Phi) is 8.46. The summed E-state index contributed by atoms with van der Waals surface area (Å²) in [7, 11) is 0. The van der Waals surface area contributed by atoms with Gasteiger partial charge in [-0.2, -0.15) is 0 Å². The van der Waals surface area contributed by atoms with Gasteiger partial charge in [-0.25, -0.2) is 0 Å². The van der Waals surface area contributed by atoms with E-state index < -0.39 is 0 Å². The fraction of sp³-hybridized carbons (Fsp3) is 0.409. The molecule has 0 radical (unpaired) electrons. The van der Waals surface area contributed by atoms with Gasteiger partial charge in [0.2, 0.25) is 5.91 Å². The van der Waals surface area contributed by atoms with E-state index in [1.165, 1.54) is 16.8 Å². The van der Waals surface area contributed by atoms with Gasteiger partial charge in [0.1, 0.15) is 0 Å². The van der Waals surface area contributed by atoms with Crippen molar-refractivity contribution in [1.82, 2.24) is 5.32 Å². The lowest BCUT2D eigenvalue weighted by Crippen LogP contribution is -2.27. The number of aryl methyl sites for hydroxylation is 1. The van der Waals surface area contributed by atoms with Gasteiger partial charge in [0.05, 0.1) is 0 Å². The molecule has 2 rings (SSSR count). The van der Waals surface area contributed by atoms with Gasteiger partial charge in [0.15, 0.2) is 0 Å². The van der Waals surface area contributed by atoms with Crippen molar-refractivity contribution >= 4 is 28.9 Å². The predicted octanol–water partition coefficient (Wildman–Crippen LogP) is 4.66. The van der Waals surface area contributed by atoms with Gasteiger partial charge in [-0.3, -0.25) is 4.79 Å². The molecule has 0 aliphatic carbocycles. The number of halogens is 1. The highest BCUT2D eigenvalue weighted by molar-refractivity contribution is 6.30. The molecule has 1 amide bonds. The van der Waals surface area contributed by atoms with E-state index in [1.807, 2.05) is 24.3 Å². The number of anilines is 2. The normalized spacial score (nSPS) is 10.5. The van der Waals surface area contributed by atoms with E-state index in [-0.39, 0.29) is 5.91 Å². The summed E-state index contributed by atoms with van der Waals surface area (Å²) in [6, 6.07) is 14.1. The molecule has 2 N–H and O–H groups in total. The van der Waals surface area contributed by atoms with Gasteiger partial charge in [0, 0.05) is 49.0 Å². The Balaban J connectivity index is 1.72. The molecule has 0 saturated carbocycles. The van der Waals surface area contributed by atoms with E-state index in [4.69, 9.17) is 11.6 Å². The van der Waals surface area contributed by atoms with Crippen LogP contribution < -0.4 is 15.5 Å². The fourth-order valence-corrected chi connectivity index (χ4v) is 3.15. The van der Waals surface area contributed by atoms with Crippen molar-refractivity contribution in [2.75, 3.05) is 36.4 Å². The SMILES string of the molecule is CCN(CC)c1ccc(NCCC(=O)NCCc2ccc(Cl)cc2)c(C)c1. The zero-order valence-corrected chi connectivity index (χ0v) is 17.3. The summed E-state index contributed by atoms with van der Waals surface area (Å²) in [6.45, 7) is 9.68. The van der Waals surface area contributed by atoms with Crippen LogP contribution in [0, 0.1) is 6.92 Å². The number of rotatable bonds is 10. The maximum atomic E-state index is 12.0. The molecule has 5 heteroatoms. The number of amides is 1. The summed E-state index contributed by atoms with van der Waals surface area (Å²) in [5, 5.41) is 7.06. The lowest BCUT2D eigenvalue weighted by molar-refractivity contribution is -0.120. The third-order valence-electron chi connectivity index (χ3n) is 4.66. The number of nitrogens with one attached hydrogen (secondary N) is 2. The van der Waals surface area contributed by atoms with Gasteiger partial charge in [-0.1, -0.05) is 23.7 Å². The topological polar surface area (TPSA) is 44.4 Å². The minimum atomic E-state index is 0.0638. The Labute approximate surface area is 167 Å². The summed E-state index contributed by atoms with van der Waals surface area (Å²) < 4.78 is 0. The molecule has 0 fully saturated rings. The molecule has 2 aromatic carbocycles. The highest BCUT2D eigenvalue weighted by Crippen LogP contribution is 2.22. The minimum absolute atomic E-state index is 0.0638. The van der Waals surface area contributed by atoms with E-state index >= 15 is 0 Å². The van der Waals surface area contributed by atoms with Gasteiger partial charge in [0.25, 0.3) is 0 Å². The zero-order chi connectivity index (χ0) is 19.6. The van der Waals surface area contributed by atoms with Gasteiger partial charge in [-0.05, 0) is 68.7 Å². The first-order valence-electron chi connectivity index (χ1n) is 9.64. The maximum Gasteiger partial charge on any atom is 0.221 e. The van der Waals surface area contributed by atoms with Crippen LogP contribution in [0.2, 0.25) is 5.02 Å². The zero-order valence-electron chi connectivity index (χ0n) is 16.5. The third kappa shape index (κ3) is 6.79. The van der Waals surface area contributed by atoms with Crippen molar-refractivity contribution in [3.8, 4) is 0 Å². The molecule has 4 nitrogen and oxygen atoms in total. The van der Waals surface area contributed by atoms with Crippen LogP contribution in [-0.2, 0) is 11.2 Å². The van der Waals surface area contributed by atoms with E-state index in [0.29, 0.717) is 19.5 Å². The quantitative estimate of drug-likeness (QED) is 0.623. The molecule has 0 aromatic heterocycles. The van der Waals surface area contributed by atoms with Crippen molar-refractivity contribution in [3.05, 3.63) is 58.6 Å². The summed E-state index contributed by atoms with van der Waals surface area (Å²) in [4.78, 5) is 14.3. The summed E-state index contributed by atoms with van der Waals surface area (Å²) >= 11 is 5.87. The molecule has 0 aliphatic rings. The lowest BCUT2D eigenvalue weighted by atomic mass is 10.1. The second-order valence-corrected chi connectivity index (χ2v) is 7.01. The first-order valence-corrected chi connectivity index (χ1v) is 10.0. The number of benzene rings is 2. The number of carbonyl (C=O) groups excluding carboxylic acids is 1. The molecule has 0 aliphatic heterocycles. The second kappa shape index (κ2) is 10.8. The second-order valence-electron chi connectivity index (χ2n) is 6.57. The molecule has 0 saturated heterocycles. The molecule has 0 atom stereocenters. The monoisotopic (exact) mass is 387 g/mol. The van der Waals surface area contributed by atoms with E-state index in [9.17, 15) is 4.79 Å². The number of carbonyl (C=O) groups is 1. The van der Waals surface area contributed by atoms with Crippen LogP contribution in [0.25, 0.3) is 0 Å². The van der Waals surface area contributed by atoms with Crippen LogP contribution >= 0.6 is 11.6 Å². The van der Waals surface area contributed by atoms with Crippen molar-refractivity contribution in [1.29, 1.82) is 0 Å². The standard InChI is InChI=1S/C22H30ClN3O/c1-4-26(5-2)20-10-11-21(17(3)16-20)24-15-13-22(27)25-14-12-18-6-8-19(23)9-7-18/h6-11,16,24H,4-5,12-15H2,1-3H3,(H,25,27). The lowest BCUT2D eigenvalue weighted by Gasteiger charge is -2.22. The highest BCUT2D eigenvalue weighted by Gasteiger charge is 2.06. The minimum Gasteiger partial charge on any atom is -0.384 e. The fourth-order valence-electron chi connectivity index (χ4n) is 3.03. The molecule has 2 aromatic rings. The van der Waals surface area contributed by atoms with Gasteiger partial charge < -0.3 is 15.5 Å². The van der Waals surface area contributed by atoms with E-state index in [2.05, 4.69) is 54.5 Å². The first kappa shape index (κ1) is 21.1. The Morgan fingerprint density at radius 2 is 1.74 bits per heavy atom. The van der Waals surface area contributed by atoms with Crippen LogP contribution in [0.15, 0.2) is 42.5 Å². The molecule has 146 valence electrons. The molecule has 0 spiro atoms. The van der Waals surface area contributed by atoms with Crippen molar-refractivity contribution in [2.24, 2.45) is 0 Å². The van der Waals surface area contributed by atoms with Crippen LogP contribution in [0.3, 0.4) is 0 Å². The molecule has 0 heterocycles. The van der Waals surface area contributed by atoms with E-state index in [1.54, 1.807) is 0 Å². The van der Waals surface area contributed by atoms with E-state index in [0.717, 1.165) is 30.2 Å². The summed E-state index contributed by atoms with van der Waals surface area (Å²) in [5.41, 5.74) is 4.69. The Morgan fingerprint density at radius 3 is 2.37 bits per heavy atom. The average molecular weight is 388 g/mol. The smallest absolute Gasteiger partial charge is 0.221 e.